The second-order valence-electron chi connectivity index (χ2n) is 4.66. The number of rotatable bonds is 3. The van der Waals surface area contributed by atoms with Gasteiger partial charge in [-0.05, 0) is 19.1 Å². The van der Waals surface area contributed by atoms with E-state index >= 15 is 0 Å². The van der Waals surface area contributed by atoms with E-state index in [4.69, 9.17) is 26.2 Å². The first-order valence-electron chi connectivity index (χ1n) is 6.16. The van der Waals surface area contributed by atoms with Gasteiger partial charge in [0.1, 0.15) is 0 Å². The Hall–Kier alpha value is -2.54. The maximum atomic E-state index is 12.5. The Morgan fingerprint density at radius 2 is 2.09 bits per heavy atom. The van der Waals surface area contributed by atoms with Crippen molar-refractivity contribution < 1.29 is 29.0 Å². The largest absolute Gasteiger partial charge is 0.465 e. The van der Waals surface area contributed by atoms with Crippen LogP contribution in [-0.2, 0) is 24.7 Å². The zero-order valence-electron chi connectivity index (χ0n) is 11.7. The summed E-state index contributed by atoms with van der Waals surface area (Å²) in [5.41, 5.74) is -1.15. The molecule has 1 aromatic rings. The lowest BCUT2D eigenvalue weighted by molar-refractivity contribution is -0.142. The number of ether oxygens (including phenoxy) is 2. The van der Waals surface area contributed by atoms with Crippen molar-refractivity contribution in [2.45, 2.75) is 19.4 Å². The van der Waals surface area contributed by atoms with Crippen molar-refractivity contribution in [3.8, 4) is 0 Å². The van der Waals surface area contributed by atoms with E-state index < -0.39 is 35.1 Å². The number of hydrogen-bond donors (Lipinski definition) is 2. The van der Waals surface area contributed by atoms with Crippen LogP contribution in [-0.4, -0.2) is 23.0 Å². The van der Waals surface area contributed by atoms with Crippen molar-refractivity contribution in [1.29, 1.82) is 0 Å². The summed E-state index contributed by atoms with van der Waals surface area (Å²) in [7, 11) is 0. The van der Waals surface area contributed by atoms with Crippen LogP contribution in [0, 0.1) is 0 Å². The topological polar surface area (TPSA) is 102 Å². The second kappa shape index (κ2) is 5.69. The molecule has 1 heterocycles. The third kappa shape index (κ3) is 2.89. The Morgan fingerprint density at radius 1 is 1.41 bits per heavy atom. The highest BCUT2D eigenvalue weighted by molar-refractivity contribution is 6.30. The predicted molar refractivity (Wildman–Crippen MR) is 74.8 cm³/mol. The fourth-order valence-electron chi connectivity index (χ4n) is 2.01. The molecule has 0 aliphatic carbocycles. The van der Waals surface area contributed by atoms with E-state index in [2.05, 4.69) is 0 Å². The van der Waals surface area contributed by atoms with Gasteiger partial charge in [-0.25, -0.2) is 4.79 Å². The number of carboxylic acid groups (broad SMARTS) is 1. The molecule has 0 saturated heterocycles. The summed E-state index contributed by atoms with van der Waals surface area (Å²) in [5.74, 6) is -2.38. The van der Waals surface area contributed by atoms with Gasteiger partial charge >= 0.3 is 12.1 Å². The van der Waals surface area contributed by atoms with Crippen LogP contribution in [0.1, 0.15) is 19.4 Å². The Labute approximate surface area is 130 Å². The fraction of sp³-hybridized carbons (Fsp3) is 0.214. The molecular weight excluding hydrogens is 314 g/mol. The molecule has 7 nitrogen and oxygen atoms in total. The van der Waals surface area contributed by atoms with E-state index in [1.807, 2.05) is 5.32 Å². The molecule has 2 rings (SSSR count). The van der Waals surface area contributed by atoms with Gasteiger partial charge in [0.25, 0.3) is 5.78 Å². The molecule has 1 aromatic carbocycles. The summed E-state index contributed by atoms with van der Waals surface area (Å²) in [5, 5.41) is 11.1. The minimum atomic E-state index is -1.55. The number of Topliss-reactive ketones (excluding diaryl/α,β-unsaturated/α-hetero) is 1. The van der Waals surface area contributed by atoms with Gasteiger partial charge in [-0.1, -0.05) is 23.7 Å². The average molecular weight is 326 g/mol. The lowest BCUT2D eigenvalue weighted by Crippen LogP contribution is -2.32. The van der Waals surface area contributed by atoms with Crippen molar-refractivity contribution in [3.63, 3.8) is 0 Å². The van der Waals surface area contributed by atoms with Gasteiger partial charge in [0.15, 0.2) is 5.60 Å². The van der Waals surface area contributed by atoms with E-state index in [1.54, 1.807) is 18.2 Å². The molecule has 1 atom stereocenters. The van der Waals surface area contributed by atoms with Gasteiger partial charge in [-0.2, -0.15) is 0 Å². The monoisotopic (exact) mass is 325 g/mol. The summed E-state index contributed by atoms with van der Waals surface area (Å²) in [6.07, 6.45) is -1.46. The molecule has 0 bridgehead atoms. The first-order chi connectivity index (χ1) is 10.2. The Kier molecular flexibility index (Phi) is 4.09. The lowest BCUT2D eigenvalue weighted by atomic mass is 9.92. The maximum absolute atomic E-state index is 12.5. The molecule has 1 amide bonds. The maximum Gasteiger partial charge on any atom is 0.411 e. The number of nitrogens with one attached hydrogen (secondary N) is 1. The third-order valence-electron chi connectivity index (χ3n) is 2.99. The second-order valence-corrected chi connectivity index (χ2v) is 5.09. The summed E-state index contributed by atoms with van der Waals surface area (Å²) >= 11 is 5.90. The molecular formula is C14H12ClNO6. The summed E-state index contributed by atoms with van der Waals surface area (Å²) in [6, 6.07) is 6.34. The van der Waals surface area contributed by atoms with Crippen LogP contribution < -0.4 is 5.32 Å². The third-order valence-corrected chi connectivity index (χ3v) is 3.23. The number of benzene rings is 1. The van der Waals surface area contributed by atoms with E-state index in [0.29, 0.717) is 10.6 Å². The van der Waals surface area contributed by atoms with Gasteiger partial charge in [0, 0.05) is 17.5 Å². The van der Waals surface area contributed by atoms with Gasteiger partial charge in [-0.15, -0.1) is 0 Å². The quantitative estimate of drug-likeness (QED) is 0.826. The van der Waals surface area contributed by atoms with Crippen molar-refractivity contribution >= 4 is 29.4 Å². The molecule has 1 aliphatic rings. The summed E-state index contributed by atoms with van der Waals surface area (Å²) in [4.78, 5) is 34.4. The minimum Gasteiger partial charge on any atom is -0.465 e. The lowest BCUT2D eigenvalue weighted by Gasteiger charge is -2.23. The van der Waals surface area contributed by atoms with Crippen molar-refractivity contribution in [1.82, 2.24) is 5.32 Å². The van der Waals surface area contributed by atoms with Gasteiger partial charge in [0.05, 0.1) is 0 Å². The molecule has 116 valence electrons. The highest BCUT2D eigenvalue weighted by Crippen LogP contribution is 2.39. The number of carbonyl (C=O) groups excluding carboxylic acids is 2. The molecule has 8 heteroatoms. The van der Waals surface area contributed by atoms with Gasteiger partial charge < -0.3 is 14.6 Å². The summed E-state index contributed by atoms with van der Waals surface area (Å²) < 4.78 is 10.2. The van der Waals surface area contributed by atoms with E-state index in [-0.39, 0.29) is 0 Å². The highest BCUT2D eigenvalue weighted by atomic mass is 35.5. The van der Waals surface area contributed by atoms with Crippen LogP contribution in [0.25, 0.3) is 0 Å². The molecule has 1 aliphatic heterocycles. The molecule has 0 saturated carbocycles. The number of halogens is 1. The molecule has 0 fully saturated rings. The predicted octanol–water partition coefficient (Wildman–Crippen LogP) is 2.15. The first kappa shape index (κ1) is 15.8. The van der Waals surface area contributed by atoms with E-state index in [0.717, 1.165) is 6.92 Å². The first-order valence-corrected chi connectivity index (χ1v) is 6.54. The van der Waals surface area contributed by atoms with Crippen LogP contribution in [0.5, 0.6) is 0 Å². The van der Waals surface area contributed by atoms with Crippen LogP contribution >= 0.6 is 11.6 Å². The highest BCUT2D eigenvalue weighted by Gasteiger charge is 2.50. The van der Waals surface area contributed by atoms with Crippen molar-refractivity contribution in [2.75, 3.05) is 0 Å². The zero-order valence-corrected chi connectivity index (χ0v) is 12.4. The smallest absolute Gasteiger partial charge is 0.411 e. The average Bonchev–Trinajstić information content (AvgIpc) is 2.63. The number of carbonyl (C=O) groups is 3. The molecule has 22 heavy (non-hydrogen) atoms. The fourth-order valence-corrected chi connectivity index (χ4v) is 2.20. The summed E-state index contributed by atoms with van der Waals surface area (Å²) in [6.45, 7) is 2.52. The van der Waals surface area contributed by atoms with Gasteiger partial charge in [0.2, 0.25) is 11.6 Å². The Balaban J connectivity index is 2.45. The number of ketones is 1. The molecule has 2 N–H and O–H groups in total. The molecule has 0 radical (unpaired) electrons. The van der Waals surface area contributed by atoms with Crippen LogP contribution in [0.2, 0.25) is 5.02 Å². The van der Waals surface area contributed by atoms with E-state index in [1.165, 1.54) is 13.0 Å². The Morgan fingerprint density at radius 3 is 2.64 bits per heavy atom. The van der Waals surface area contributed by atoms with Crippen LogP contribution in [0.3, 0.4) is 0 Å². The number of esters is 1. The van der Waals surface area contributed by atoms with Crippen molar-refractivity contribution in [2.24, 2.45) is 0 Å². The molecule has 0 spiro atoms. The minimum absolute atomic E-state index is 0.379. The number of hydrogen-bond acceptors (Lipinski definition) is 5. The molecule has 0 aromatic heterocycles. The SMILES string of the molecule is CC(=O)OC1=C(NC(=O)O)OC(C)(c2cccc(Cl)c2)C1=O. The van der Waals surface area contributed by atoms with Crippen LogP contribution in [0.15, 0.2) is 35.9 Å². The zero-order chi connectivity index (χ0) is 16.5. The van der Waals surface area contributed by atoms with Gasteiger partial charge in [-0.3, -0.25) is 14.9 Å². The Bertz CT molecular complexity index is 698. The standard InChI is InChI=1S/C14H12ClNO6/c1-7(17)21-10-11(18)14(2,22-12(10)16-13(19)20)8-4-3-5-9(15)6-8/h3-6,16H,1-2H3,(H,19,20). The van der Waals surface area contributed by atoms with Crippen molar-refractivity contribution in [3.05, 3.63) is 46.5 Å². The van der Waals surface area contributed by atoms with Crippen LogP contribution in [0.4, 0.5) is 4.79 Å². The normalized spacial score (nSPS) is 20.6. The number of amides is 1. The molecule has 1 unspecified atom stereocenters. The van der Waals surface area contributed by atoms with E-state index in [9.17, 15) is 14.4 Å².